The highest BCUT2D eigenvalue weighted by atomic mass is 16.1. The van der Waals surface area contributed by atoms with E-state index in [9.17, 15) is 4.79 Å². The number of anilines is 2. The molecule has 1 fully saturated rings. The molecular formula is C11H15N3O. The van der Waals surface area contributed by atoms with Gasteiger partial charge in [0.1, 0.15) is 0 Å². The second-order valence-corrected chi connectivity index (χ2v) is 3.95. The topological polar surface area (TPSA) is 36.4 Å². The third-order valence-corrected chi connectivity index (χ3v) is 2.56. The minimum atomic E-state index is 0.309. The minimum Gasteiger partial charge on any atom is -0.361 e. The lowest BCUT2D eigenvalue weighted by atomic mass is 10.3. The molecule has 0 spiro atoms. The Morgan fingerprint density at radius 1 is 1.47 bits per heavy atom. The fraction of sp³-hybridized carbons (Fsp3) is 0.455. The van der Waals surface area contributed by atoms with E-state index in [-0.39, 0.29) is 0 Å². The molecule has 0 aliphatic carbocycles. The number of carbonyl (C=O) groups is 1. The van der Waals surface area contributed by atoms with Crippen molar-refractivity contribution >= 4 is 17.3 Å². The molecule has 0 N–H and O–H groups in total. The first-order chi connectivity index (χ1) is 7.18. The molecule has 80 valence electrons. The molecule has 0 unspecified atom stereocenters. The summed E-state index contributed by atoms with van der Waals surface area (Å²) in [4.78, 5) is 19.6. The van der Waals surface area contributed by atoms with Crippen LogP contribution in [0.2, 0.25) is 0 Å². The molecule has 0 aromatic carbocycles. The van der Waals surface area contributed by atoms with Gasteiger partial charge in [-0.2, -0.15) is 0 Å². The minimum absolute atomic E-state index is 0.309. The first-order valence-corrected chi connectivity index (χ1v) is 5.07. The molecule has 4 nitrogen and oxygen atoms in total. The van der Waals surface area contributed by atoms with E-state index < -0.39 is 0 Å². The number of Topliss-reactive ketones (excluding diaryl/α,β-unsaturated/α-hetero) is 1. The highest BCUT2D eigenvalue weighted by Gasteiger charge is 2.22. The van der Waals surface area contributed by atoms with Crippen LogP contribution in [0.5, 0.6) is 0 Å². The van der Waals surface area contributed by atoms with Crippen LogP contribution in [0.25, 0.3) is 0 Å². The van der Waals surface area contributed by atoms with Crippen LogP contribution in [0.1, 0.15) is 6.42 Å². The summed E-state index contributed by atoms with van der Waals surface area (Å²) in [5, 5.41) is 0. The third kappa shape index (κ3) is 1.93. The van der Waals surface area contributed by atoms with E-state index in [4.69, 9.17) is 0 Å². The van der Waals surface area contributed by atoms with Crippen LogP contribution in [0, 0.1) is 0 Å². The molecule has 0 saturated carbocycles. The van der Waals surface area contributed by atoms with Gasteiger partial charge in [0.15, 0.2) is 11.6 Å². The van der Waals surface area contributed by atoms with Gasteiger partial charge in [0.25, 0.3) is 0 Å². The van der Waals surface area contributed by atoms with Crippen LogP contribution in [0.3, 0.4) is 0 Å². The maximum absolute atomic E-state index is 11.2. The Hall–Kier alpha value is -1.58. The molecule has 0 radical (unpaired) electrons. The Labute approximate surface area is 89.5 Å². The first kappa shape index (κ1) is 9.96. The van der Waals surface area contributed by atoms with Crippen LogP contribution in [0.4, 0.5) is 11.5 Å². The normalized spacial score (nSPS) is 15.9. The fourth-order valence-corrected chi connectivity index (χ4v) is 1.82. The number of rotatable bonds is 2. The number of ketones is 1. The summed E-state index contributed by atoms with van der Waals surface area (Å²) in [6.07, 6.45) is 2.43. The number of pyridine rings is 1. The Morgan fingerprint density at radius 2 is 2.27 bits per heavy atom. The zero-order valence-corrected chi connectivity index (χ0v) is 9.10. The van der Waals surface area contributed by atoms with Gasteiger partial charge in [0, 0.05) is 33.3 Å². The number of hydrogen-bond donors (Lipinski definition) is 0. The van der Waals surface area contributed by atoms with Crippen molar-refractivity contribution in [1.82, 2.24) is 4.98 Å². The predicted molar refractivity (Wildman–Crippen MR) is 60.4 cm³/mol. The number of nitrogens with zero attached hydrogens (tertiary/aromatic N) is 3. The summed E-state index contributed by atoms with van der Waals surface area (Å²) >= 11 is 0. The van der Waals surface area contributed by atoms with Gasteiger partial charge in [0.05, 0.1) is 12.2 Å². The van der Waals surface area contributed by atoms with Crippen LogP contribution in [-0.4, -0.2) is 38.0 Å². The van der Waals surface area contributed by atoms with E-state index in [0.717, 1.165) is 18.1 Å². The molecule has 0 atom stereocenters. The van der Waals surface area contributed by atoms with Gasteiger partial charge in [-0.3, -0.25) is 4.79 Å². The van der Waals surface area contributed by atoms with Crippen molar-refractivity contribution in [3.05, 3.63) is 18.3 Å². The van der Waals surface area contributed by atoms with Crippen molar-refractivity contribution in [3.8, 4) is 0 Å². The average molecular weight is 205 g/mol. The van der Waals surface area contributed by atoms with E-state index in [1.807, 2.05) is 31.1 Å². The van der Waals surface area contributed by atoms with Crippen LogP contribution >= 0.6 is 0 Å². The van der Waals surface area contributed by atoms with Gasteiger partial charge >= 0.3 is 0 Å². The van der Waals surface area contributed by atoms with E-state index >= 15 is 0 Å². The maximum atomic E-state index is 11.2. The lowest BCUT2D eigenvalue weighted by Crippen LogP contribution is -2.23. The van der Waals surface area contributed by atoms with Crippen LogP contribution < -0.4 is 9.80 Å². The average Bonchev–Trinajstić information content (AvgIpc) is 2.65. The fourth-order valence-electron chi connectivity index (χ4n) is 1.82. The molecule has 0 amide bonds. The molecule has 1 saturated heterocycles. The van der Waals surface area contributed by atoms with Gasteiger partial charge in [-0.1, -0.05) is 0 Å². The monoisotopic (exact) mass is 205 g/mol. The third-order valence-electron chi connectivity index (χ3n) is 2.56. The van der Waals surface area contributed by atoms with Crippen molar-refractivity contribution in [1.29, 1.82) is 0 Å². The summed E-state index contributed by atoms with van der Waals surface area (Å²) in [7, 11) is 3.92. The highest BCUT2D eigenvalue weighted by molar-refractivity contribution is 5.88. The van der Waals surface area contributed by atoms with E-state index in [1.165, 1.54) is 0 Å². The summed E-state index contributed by atoms with van der Waals surface area (Å²) in [6, 6.07) is 3.92. The Bertz CT molecular complexity index is 376. The van der Waals surface area contributed by atoms with Crippen molar-refractivity contribution < 1.29 is 4.79 Å². The molecule has 1 aliphatic heterocycles. The molecular weight excluding hydrogens is 190 g/mol. The molecule has 2 heterocycles. The standard InChI is InChI=1S/C11H15N3O/c1-13(2)11-10(4-3-6-12-11)14-7-5-9(15)8-14/h3-4,6H,5,7-8H2,1-2H3. The van der Waals surface area contributed by atoms with Gasteiger partial charge in [0.2, 0.25) is 0 Å². The van der Waals surface area contributed by atoms with Crippen LogP contribution in [-0.2, 0) is 4.79 Å². The Balaban J connectivity index is 2.31. The van der Waals surface area contributed by atoms with E-state index in [0.29, 0.717) is 18.7 Å². The smallest absolute Gasteiger partial charge is 0.153 e. The number of aromatic nitrogens is 1. The summed E-state index contributed by atoms with van der Waals surface area (Å²) in [5.74, 6) is 1.23. The second kappa shape index (κ2) is 3.88. The summed E-state index contributed by atoms with van der Waals surface area (Å²) in [6.45, 7) is 1.33. The van der Waals surface area contributed by atoms with Crippen molar-refractivity contribution in [2.45, 2.75) is 6.42 Å². The van der Waals surface area contributed by atoms with E-state index in [2.05, 4.69) is 9.88 Å². The lowest BCUT2D eigenvalue weighted by Gasteiger charge is -2.22. The summed E-state index contributed by atoms with van der Waals surface area (Å²) < 4.78 is 0. The van der Waals surface area contributed by atoms with Crippen molar-refractivity contribution in [2.75, 3.05) is 37.0 Å². The highest BCUT2D eigenvalue weighted by Crippen LogP contribution is 2.27. The number of hydrogen-bond acceptors (Lipinski definition) is 4. The van der Waals surface area contributed by atoms with Crippen molar-refractivity contribution in [3.63, 3.8) is 0 Å². The van der Waals surface area contributed by atoms with Gasteiger partial charge < -0.3 is 9.80 Å². The molecule has 4 heteroatoms. The largest absolute Gasteiger partial charge is 0.361 e. The molecule has 1 aromatic rings. The molecule has 0 bridgehead atoms. The van der Waals surface area contributed by atoms with Crippen molar-refractivity contribution in [2.24, 2.45) is 0 Å². The zero-order chi connectivity index (χ0) is 10.8. The Morgan fingerprint density at radius 3 is 2.87 bits per heavy atom. The summed E-state index contributed by atoms with van der Waals surface area (Å²) in [5.41, 5.74) is 1.05. The first-order valence-electron chi connectivity index (χ1n) is 5.07. The molecule has 15 heavy (non-hydrogen) atoms. The molecule has 2 rings (SSSR count). The van der Waals surface area contributed by atoms with Gasteiger partial charge in [-0.25, -0.2) is 4.98 Å². The number of carbonyl (C=O) groups excluding carboxylic acids is 1. The lowest BCUT2D eigenvalue weighted by molar-refractivity contribution is -0.116. The quantitative estimate of drug-likeness (QED) is 0.719. The molecule has 1 aliphatic rings. The maximum Gasteiger partial charge on any atom is 0.153 e. The van der Waals surface area contributed by atoms with Gasteiger partial charge in [-0.15, -0.1) is 0 Å². The van der Waals surface area contributed by atoms with Crippen LogP contribution in [0.15, 0.2) is 18.3 Å². The second-order valence-electron chi connectivity index (χ2n) is 3.95. The SMILES string of the molecule is CN(C)c1ncccc1N1CCC(=O)C1. The zero-order valence-electron chi connectivity index (χ0n) is 9.10. The van der Waals surface area contributed by atoms with Gasteiger partial charge in [-0.05, 0) is 12.1 Å². The van der Waals surface area contributed by atoms with E-state index in [1.54, 1.807) is 6.20 Å². The predicted octanol–water partition coefficient (Wildman–Crippen LogP) is 0.927. The molecule has 1 aromatic heterocycles. The Kier molecular flexibility index (Phi) is 2.58.